The lowest BCUT2D eigenvalue weighted by Crippen LogP contribution is -2.29. The van der Waals surface area contributed by atoms with Gasteiger partial charge in [-0.25, -0.2) is 0 Å². The van der Waals surface area contributed by atoms with Gasteiger partial charge in [0.2, 0.25) is 0 Å². The molecule has 1 aliphatic rings. The fourth-order valence-electron chi connectivity index (χ4n) is 2.66. The molecule has 2 atom stereocenters. The van der Waals surface area contributed by atoms with Gasteiger partial charge in [-0.1, -0.05) is 45.0 Å². The van der Waals surface area contributed by atoms with Crippen molar-refractivity contribution in [2.75, 3.05) is 6.61 Å². The number of rotatable bonds is 3. The summed E-state index contributed by atoms with van der Waals surface area (Å²) < 4.78 is 6.08. The maximum Gasteiger partial charge on any atom is 0.0767 e. The zero-order valence-corrected chi connectivity index (χ0v) is 12.5. The molecule has 2 nitrogen and oxygen atoms in total. The SMILES string of the molecule is CC(C)(C)CCOC1CCCc2ccccc2C1N. The Labute approximate surface area is 117 Å². The van der Waals surface area contributed by atoms with Gasteiger partial charge in [-0.05, 0) is 42.2 Å². The molecule has 0 radical (unpaired) electrons. The third kappa shape index (κ3) is 4.05. The van der Waals surface area contributed by atoms with E-state index in [0.29, 0.717) is 5.41 Å². The summed E-state index contributed by atoms with van der Waals surface area (Å²) in [6.07, 6.45) is 4.62. The number of aryl methyl sites for hydroxylation is 1. The highest BCUT2D eigenvalue weighted by Gasteiger charge is 2.25. The first-order chi connectivity index (χ1) is 8.97. The number of hydrogen-bond donors (Lipinski definition) is 1. The molecule has 0 fully saturated rings. The standard InChI is InChI=1S/C17H27NO/c1-17(2,3)11-12-19-15-10-6-8-13-7-4-5-9-14(13)16(15)18/h4-5,7,9,15-16H,6,8,10-12,18H2,1-3H3. The van der Waals surface area contributed by atoms with Crippen LogP contribution in [0.4, 0.5) is 0 Å². The van der Waals surface area contributed by atoms with E-state index in [1.165, 1.54) is 17.5 Å². The lowest BCUT2D eigenvalue weighted by molar-refractivity contribution is 0.0171. The van der Waals surface area contributed by atoms with E-state index >= 15 is 0 Å². The molecule has 0 amide bonds. The molecule has 106 valence electrons. The van der Waals surface area contributed by atoms with Crippen LogP contribution in [0, 0.1) is 5.41 Å². The molecule has 0 saturated carbocycles. The molecule has 0 spiro atoms. The van der Waals surface area contributed by atoms with Gasteiger partial charge in [-0.3, -0.25) is 0 Å². The Morgan fingerprint density at radius 1 is 1.26 bits per heavy atom. The van der Waals surface area contributed by atoms with Crippen LogP contribution >= 0.6 is 0 Å². The molecule has 2 N–H and O–H groups in total. The molecule has 1 aliphatic carbocycles. The smallest absolute Gasteiger partial charge is 0.0767 e. The predicted octanol–water partition coefficient (Wildman–Crippen LogP) is 3.84. The second kappa shape index (κ2) is 6.06. The largest absolute Gasteiger partial charge is 0.376 e. The molecule has 19 heavy (non-hydrogen) atoms. The Bertz CT molecular complexity index is 408. The van der Waals surface area contributed by atoms with Gasteiger partial charge in [0.1, 0.15) is 0 Å². The minimum atomic E-state index is 0.0265. The summed E-state index contributed by atoms with van der Waals surface area (Å²) in [5, 5.41) is 0. The summed E-state index contributed by atoms with van der Waals surface area (Å²) >= 11 is 0. The highest BCUT2D eigenvalue weighted by Crippen LogP contribution is 2.29. The number of nitrogens with two attached hydrogens (primary N) is 1. The van der Waals surface area contributed by atoms with Gasteiger partial charge in [0.05, 0.1) is 12.1 Å². The minimum absolute atomic E-state index is 0.0265. The number of fused-ring (bicyclic) bond motifs is 1. The highest BCUT2D eigenvalue weighted by molar-refractivity contribution is 5.31. The second-order valence-electron chi connectivity index (χ2n) is 6.84. The van der Waals surface area contributed by atoms with Crippen molar-refractivity contribution in [3.8, 4) is 0 Å². The van der Waals surface area contributed by atoms with Gasteiger partial charge >= 0.3 is 0 Å². The average molecular weight is 261 g/mol. The van der Waals surface area contributed by atoms with Crippen molar-refractivity contribution in [2.24, 2.45) is 11.1 Å². The number of ether oxygens (including phenoxy) is 1. The maximum atomic E-state index is 6.42. The molecular formula is C17H27NO. The van der Waals surface area contributed by atoms with Crippen molar-refractivity contribution >= 4 is 0 Å². The molecule has 0 heterocycles. The van der Waals surface area contributed by atoms with Crippen LogP contribution in [-0.4, -0.2) is 12.7 Å². The molecule has 2 heteroatoms. The summed E-state index contributed by atoms with van der Waals surface area (Å²) in [4.78, 5) is 0. The van der Waals surface area contributed by atoms with Crippen LogP contribution in [0.5, 0.6) is 0 Å². The van der Waals surface area contributed by atoms with E-state index in [1.54, 1.807) is 0 Å². The minimum Gasteiger partial charge on any atom is -0.376 e. The number of hydrogen-bond acceptors (Lipinski definition) is 2. The van der Waals surface area contributed by atoms with Crippen molar-refractivity contribution < 1.29 is 4.74 Å². The van der Waals surface area contributed by atoms with Gasteiger partial charge in [-0.2, -0.15) is 0 Å². The van der Waals surface area contributed by atoms with Gasteiger partial charge in [-0.15, -0.1) is 0 Å². The van der Waals surface area contributed by atoms with Crippen molar-refractivity contribution in [3.63, 3.8) is 0 Å². The zero-order chi connectivity index (χ0) is 13.9. The Morgan fingerprint density at radius 3 is 2.74 bits per heavy atom. The molecule has 0 saturated heterocycles. The Balaban J connectivity index is 1.99. The Morgan fingerprint density at radius 2 is 2.00 bits per heavy atom. The van der Waals surface area contributed by atoms with Crippen LogP contribution in [-0.2, 0) is 11.2 Å². The fraction of sp³-hybridized carbons (Fsp3) is 0.647. The monoisotopic (exact) mass is 261 g/mol. The first-order valence-corrected chi connectivity index (χ1v) is 7.42. The zero-order valence-electron chi connectivity index (χ0n) is 12.5. The normalized spacial score (nSPS) is 23.8. The van der Waals surface area contributed by atoms with E-state index in [4.69, 9.17) is 10.5 Å². The fourth-order valence-corrected chi connectivity index (χ4v) is 2.66. The highest BCUT2D eigenvalue weighted by atomic mass is 16.5. The summed E-state index contributed by atoms with van der Waals surface area (Å²) in [5.41, 5.74) is 9.42. The Kier molecular flexibility index (Phi) is 4.64. The quantitative estimate of drug-likeness (QED) is 0.839. The van der Waals surface area contributed by atoms with Gasteiger partial charge in [0.25, 0.3) is 0 Å². The molecular weight excluding hydrogens is 234 g/mol. The Hall–Kier alpha value is -0.860. The number of benzene rings is 1. The van der Waals surface area contributed by atoms with Gasteiger partial charge < -0.3 is 10.5 Å². The van der Waals surface area contributed by atoms with Crippen LogP contribution < -0.4 is 5.73 Å². The van der Waals surface area contributed by atoms with E-state index in [9.17, 15) is 0 Å². The van der Waals surface area contributed by atoms with Gasteiger partial charge in [0.15, 0.2) is 0 Å². The van der Waals surface area contributed by atoms with Crippen molar-refractivity contribution in [2.45, 2.75) is 58.6 Å². The first-order valence-electron chi connectivity index (χ1n) is 7.42. The van der Waals surface area contributed by atoms with E-state index in [2.05, 4.69) is 45.0 Å². The maximum absolute atomic E-state index is 6.42. The molecule has 0 aromatic heterocycles. The lowest BCUT2D eigenvalue weighted by atomic mass is 9.93. The van der Waals surface area contributed by atoms with Crippen molar-refractivity contribution in [1.29, 1.82) is 0 Å². The van der Waals surface area contributed by atoms with Crippen LogP contribution in [0.2, 0.25) is 0 Å². The van der Waals surface area contributed by atoms with Gasteiger partial charge in [0, 0.05) is 6.61 Å². The van der Waals surface area contributed by atoms with E-state index in [-0.39, 0.29) is 12.1 Å². The van der Waals surface area contributed by atoms with Crippen molar-refractivity contribution in [3.05, 3.63) is 35.4 Å². The molecule has 1 aromatic carbocycles. The summed E-state index contributed by atoms with van der Waals surface area (Å²) in [6.45, 7) is 7.56. The molecule has 1 aromatic rings. The van der Waals surface area contributed by atoms with Crippen molar-refractivity contribution in [1.82, 2.24) is 0 Å². The molecule has 2 unspecified atom stereocenters. The predicted molar refractivity (Wildman–Crippen MR) is 80.1 cm³/mol. The molecule has 0 bridgehead atoms. The van der Waals surface area contributed by atoms with Crippen LogP contribution in [0.1, 0.15) is 57.2 Å². The van der Waals surface area contributed by atoms with E-state index in [1.807, 2.05) is 0 Å². The van der Waals surface area contributed by atoms with Crippen LogP contribution in [0.25, 0.3) is 0 Å². The summed E-state index contributed by atoms with van der Waals surface area (Å²) in [5.74, 6) is 0. The second-order valence-corrected chi connectivity index (χ2v) is 6.84. The van der Waals surface area contributed by atoms with E-state index in [0.717, 1.165) is 25.9 Å². The summed E-state index contributed by atoms with van der Waals surface area (Å²) in [6, 6.07) is 8.57. The van der Waals surface area contributed by atoms with E-state index < -0.39 is 0 Å². The summed E-state index contributed by atoms with van der Waals surface area (Å²) in [7, 11) is 0. The van der Waals surface area contributed by atoms with Crippen LogP contribution in [0.3, 0.4) is 0 Å². The third-order valence-electron chi connectivity index (χ3n) is 3.93. The lowest BCUT2D eigenvalue weighted by Gasteiger charge is -2.25. The topological polar surface area (TPSA) is 35.2 Å². The molecule has 2 rings (SSSR count). The third-order valence-corrected chi connectivity index (χ3v) is 3.93. The van der Waals surface area contributed by atoms with Crippen LogP contribution in [0.15, 0.2) is 24.3 Å². The molecule has 0 aliphatic heterocycles. The first kappa shape index (κ1) is 14.5. The average Bonchev–Trinajstić information content (AvgIpc) is 2.49.